The minimum atomic E-state index is -3.79. The summed E-state index contributed by atoms with van der Waals surface area (Å²) in [4.78, 5) is 25.7. The van der Waals surface area contributed by atoms with E-state index in [1.54, 1.807) is 0 Å². The second-order valence-electron chi connectivity index (χ2n) is 2.42. The quantitative estimate of drug-likeness (QED) is 0.268. The van der Waals surface area contributed by atoms with Crippen molar-refractivity contribution in [3.63, 3.8) is 0 Å². The molecule has 0 fully saturated rings. The summed E-state index contributed by atoms with van der Waals surface area (Å²) >= 11 is 0. The molecular formula is C5H17ClN2O3Si. The summed E-state index contributed by atoms with van der Waals surface area (Å²) in [6.07, 6.45) is 0.565. The monoisotopic (exact) mass is 216 g/mol. The van der Waals surface area contributed by atoms with Crippen LogP contribution in [0.2, 0.25) is 6.04 Å². The van der Waals surface area contributed by atoms with Crippen LogP contribution in [0, 0.1) is 0 Å². The lowest BCUT2D eigenvalue weighted by molar-refractivity contribution is 0.226. The zero-order chi connectivity index (χ0) is 8.74. The lowest BCUT2D eigenvalue weighted by atomic mass is 10.5. The first-order chi connectivity index (χ1) is 5.06. The summed E-state index contributed by atoms with van der Waals surface area (Å²) in [7, 11) is -3.79. The van der Waals surface area contributed by atoms with Gasteiger partial charge in [-0.25, -0.2) is 0 Å². The Morgan fingerprint density at radius 3 is 2.17 bits per heavy atom. The van der Waals surface area contributed by atoms with Gasteiger partial charge in [-0.15, -0.1) is 12.4 Å². The molecule has 12 heavy (non-hydrogen) atoms. The summed E-state index contributed by atoms with van der Waals surface area (Å²) in [5, 5.41) is 2.97. The predicted octanol–water partition coefficient (Wildman–Crippen LogP) is -1.74. The molecule has 0 heterocycles. The SMILES string of the molecule is Cl.NCCNCCC[Si](O)(O)O. The molecule has 0 spiro atoms. The molecule has 5 nitrogen and oxygen atoms in total. The minimum absolute atomic E-state index is 0. The van der Waals surface area contributed by atoms with Crippen molar-refractivity contribution in [1.29, 1.82) is 0 Å². The molecule has 0 aromatic carbocycles. The largest absolute Gasteiger partial charge is 0.492 e. The molecule has 76 valence electrons. The van der Waals surface area contributed by atoms with Crippen molar-refractivity contribution >= 4 is 21.2 Å². The highest BCUT2D eigenvalue weighted by atomic mass is 35.5. The molecule has 0 rings (SSSR count). The molecule has 0 aromatic heterocycles. The van der Waals surface area contributed by atoms with Crippen molar-refractivity contribution in [3.05, 3.63) is 0 Å². The number of hydrogen-bond donors (Lipinski definition) is 5. The molecule has 0 aliphatic carbocycles. The number of hydrogen-bond acceptors (Lipinski definition) is 5. The Hall–Kier alpha value is 0.307. The molecule has 0 unspecified atom stereocenters. The van der Waals surface area contributed by atoms with Crippen LogP contribution in [0.3, 0.4) is 0 Å². The lowest BCUT2D eigenvalue weighted by Gasteiger charge is -2.08. The highest BCUT2D eigenvalue weighted by molar-refractivity contribution is 6.56. The van der Waals surface area contributed by atoms with Gasteiger partial charge < -0.3 is 25.4 Å². The van der Waals surface area contributed by atoms with Gasteiger partial charge >= 0.3 is 8.80 Å². The third kappa shape index (κ3) is 12.9. The van der Waals surface area contributed by atoms with Gasteiger partial charge in [-0.1, -0.05) is 0 Å². The van der Waals surface area contributed by atoms with Crippen LogP contribution in [0.5, 0.6) is 0 Å². The van der Waals surface area contributed by atoms with Crippen molar-refractivity contribution in [2.75, 3.05) is 19.6 Å². The molecule has 0 radical (unpaired) electrons. The van der Waals surface area contributed by atoms with Crippen LogP contribution in [0.25, 0.3) is 0 Å². The molecule has 0 saturated carbocycles. The van der Waals surface area contributed by atoms with Crippen molar-refractivity contribution < 1.29 is 14.4 Å². The van der Waals surface area contributed by atoms with E-state index < -0.39 is 8.80 Å². The maximum absolute atomic E-state index is 8.57. The minimum Gasteiger partial charge on any atom is -0.390 e. The average molecular weight is 217 g/mol. The Bertz CT molecular complexity index is 101. The van der Waals surface area contributed by atoms with E-state index in [1.165, 1.54) is 0 Å². The van der Waals surface area contributed by atoms with E-state index in [0.717, 1.165) is 6.54 Å². The zero-order valence-electron chi connectivity index (χ0n) is 6.86. The fourth-order valence-corrected chi connectivity index (χ4v) is 1.33. The van der Waals surface area contributed by atoms with Crippen molar-refractivity contribution in [3.8, 4) is 0 Å². The molecular weight excluding hydrogens is 200 g/mol. The molecule has 0 aliphatic heterocycles. The highest BCUT2D eigenvalue weighted by Crippen LogP contribution is 1.98. The van der Waals surface area contributed by atoms with Gasteiger partial charge in [-0.3, -0.25) is 0 Å². The van der Waals surface area contributed by atoms with E-state index in [-0.39, 0.29) is 18.5 Å². The molecule has 0 atom stereocenters. The van der Waals surface area contributed by atoms with Gasteiger partial charge in [-0.05, 0) is 13.0 Å². The van der Waals surface area contributed by atoms with E-state index in [2.05, 4.69) is 5.32 Å². The van der Waals surface area contributed by atoms with E-state index in [0.29, 0.717) is 19.5 Å². The Morgan fingerprint density at radius 1 is 1.17 bits per heavy atom. The van der Waals surface area contributed by atoms with Gasteiger partial charge in [0.25, 0.3) is 0 Å². The third-order valence-electron chi connectivity index (χ3n) is 1.19. The average Bonchev–Trinajstić information content (AvgIpc) is 1.85. The van der Waals surface area contributed by atoms with Crippen molar-refractivity contribution in [2.45, 2.75) is 12.5 Å². The van der Waals surface area contributed by atoms with E-state index >= 15 is 0 Å². The van der Waals surface area contributed by atoms with E-state index in [4.69, 9.17) is 20.1 Å². The molecule has 0 bridgehead atoms. The maximum Gasteiger partial charge on any atom is 0.492 e. The topological polar surface area (TPSA) is 98.7 Å². The summed E-state index contributed by atoms with van der Waals surface area (Å²) in [5.41, 5.74) is 5.19. The van der Waals surface area contributed by atoms with Gasteiger partial charge in [0, 0.05) is 19.1 Å². The van der Waals surface area contributed by atoms with E-state index in [9.17, 15) is 0 Å². The Morgan fingerprint density at radius 2 is 1.75 bits per heavy atom. The Kier molecular flexibility index (Phi) is 9.79. The van der Waals surface area contributed by atoms with Crippen LogP contribution in [0.4, 0.5) is 0 Å². The van der Waals surface area contributed by atoms with Crippen molar-refractivity contribution in [2.24, 2.45) is 5.73 Å². The first kappa shape index (κ1) is 14.8. The molecule has 0 amide bonds. The van der Waals surface area contributed by atoms with Crippen molar-refractivity contribution in [1.82, 2.24) is 5.32 Å². The fourth-order valence-electron chi connectivity index (χ4n) is 0.678. The number of halogens is 1. The smallest absolute Gasteiger partial charge is 0.390 e. The maximum atomic E-state index is 8.57. The van der Waals surface area contributed by atoms with Crippen LogP contribution in [-0.4, -0.2) is 42.8 Å². The first-order valence-corrected chi connectivity index (χ1v) is 5.69. The van der Waals surface area contributed by atoms with Crippen LogP contribution in [0.1, 0.15) is 6.42 Å². The van der Waals surface area contributed by atoms with Gasteiger partial charge in [0.05, 0.1) is 0 Å². The predicted molar refractivity (Wildman–Crippen MR) is 51.0 cm³/mol. The summed E-state index contributed by atoms with van der Waals surface area (Å²) in [5.74, 6) is 0. The van der Waals surface area contributed by atoms with Crippen LogP contribution < -0.4 is 11.1 Å². The standard InChI is InChI=1S/C5H16N2O3Si.ClH/c6-2-4-7-3-1-5-11(8,9)10;/h7-10H,1-6H2;1H. The second kappa shape index (κ2) is 7.93. The third-order valence-corrected chi connectivity index (χ3v) is 2.21. The number of nitrogens with two attached hydrogens (primary N) is 1. The van der Waals surface area contributed by atoms with Gasteiger partial charge in [-0.2, -0.15) is 0 Å². The number of nitrogens with one attached hydrogen (secondary N) is 1. The van der Waals surface area contributed by atoms with Crippen LogP contribution >= 0.6 is 12.4 Å². The summed E-state index contributed by atoms with van der Waals surface area (Å²) < 4.78 is 0. The first-order valence-electron chi connectivity index (χ1n) is 3.64. The number of rotatable bonds is 6. The molecule has 7 heteroatoms. The molecule has 6 N–H and O–H groups in total. The fraction of sp³-hybridized carbons (Fsp3) is 1.00. The summed E-state index contributed by atoms with van der Waals surface area (Å²) in [6, 6.07) is 0.0879. The Labute approximate surface area is 79.4 Å². The van der Waals surface area contributed by atoms with Crippen LogP contribution in [-0.2, 0) is 0 Å². The van der Waals surface area contributed by atoms with Gasteiger partial charge in [0.15, 0.2) is 0 Å². The lowest BCUT2D eigenvalue weighted by Crippen LogP contribution is -2.35. The normalized spacial score (nSPS) is 11.0. The molecule has 0 aromatic rings. The Balaban J connectivity index is 0. The van der Waals surface area contributed by atoms with Gasteiger partial charge in [0.1, 0.15) is 0 Å². The molecule has 0 aliphatic rings. The van der Waals surface area contributed by atoms with Gasteiger partial charge in [0.2, 0.25) is 0 Å². The molecule has 0 saturated heterocycles. The van der Waals surface area contributed by atoms with Crippen LogP contribution in [0.15, 0.2) is 0 Å². The second-order valence-corrected chi connectivity index (χ2v) is 4.47. The van der Waals surface area contributed by atoms with E-state index in [1.807, 2.05) is 0 Å². The highest BCUT2D eigenvalue weighted by Gasteiger charge is 2.25. The zero-order valence-corrected chi connectivity index (χ0v) is 8.68. The summed E-state index contributed by atoms with van der Waals surface area (Å²) in [6.45, 7) is 1.95.